The Bertz CT molecular complexity index is 841. The van der Waals surface area contributed by atoms with Crippen LogP contribution in [0, 0.1) is 0 Å². The van der Waals surface area contributed by atoms with Gasteiger partial charge in [-0.15, -0.1) is 0 Å². The molecular weight excluding hydrogens is 342 g/mol. The molecule has 6 heteroatoms. The number of hydrogen-bond donors (Lipinski definition) is 1. The van der Waals surface area contributed by atoms with E-state index in [4.69, 9.17) is 9.84 Å². The molecular formula is C21H27N3O3. The van der Waals surface area contributed by atoms with Gasteiger partial charge in [-0.2, -0.15) is 5.10 Å². The third-order valence-corrected chi connectivity index (χ3v) is 5.70. The average Bonchev–Trinajstić information content (AvgIpc) is 3.06. The summed E-state index contributed by atoms with van der Waals surface area (Å²) in [4.78, 5) is 14.1. The van der Waals surface area contributed by atoms with Crippen LogP contribution in [-0.2, 0) is 17.8 Å². The maximum atomic E-state index is 12.3. The number of anilines is 1. The number of fused-ring (bicyclic) bond motifs is 1. The zero-order valence-electron chi connectivity index (χ0n) is 16.0. The number of rotatable bonds is 5. The number of amides is 1. The van der Waals surface area contributed by atoms with E-state index in [1.54, 1.807) is 11.6 Å². The molecule has 144 valence electrons. The second-order valence-corrected chi connectivity index (χ2v) is 7.60. The Morgan fingerprint density at radius 2 is 2.15 bits per heavy atom. The van der Waals surface area contributed by atoms with E-state index in [2.05, 4.69) is 12.0 Å². The third-order valence-electron chi connectivity index (χ3n) is 5.70. The Morgan fingerprint density at radius 3 is 2.81 bits per heavy atom. The summed E-state index contributed by atoms with van der Waals surface area (Å²) >= 11 is 0. The topological polar surface area (TPSA) is 67.6 Å². The van der Waals surface area contributed by atoms with Crippen LogP contribution in [0.4, 0.5) is 5.69 Å². The van der Waals surface area contributed by atoms with Crippen LogP contribution in [0.2, 0.25) is 0 Å². The quantitative estimate of drug-likeness (QED) is 0.879. The van der Waals surface area contributed by atoms with E-state index in [0.717, 1.165) is 53.8 Å². The number of aliphatic hydroxyl groups is 1. The summed E-state index contributed by atoms with van der Waals surface area (Å²) in [5.74, 6) is 0.973. The van der Waals surface area contributed by atoms with Crippen molar-refractivity contribution in [2.24, 2.45) is 0 Å². The van der Waals surface area contributed by atoms with Crippen molar-refractivity contribution in [1.82, 2.24) is 9.78 Å². The molecule has 0 spiro atoms. The number of carbonyl (C=O) groups excluding carboxylic acids is 1. The van der Waals surface area contributed by atoms with E-state index in [1.165, 1.54) is 6.42 Å². The van der Waals surface area contributed by atoms with Crippen LogP contribution in [0.5, 0.6) is 5.75 Å². The molecule has 6 nitrogen and oxygen atoms in total. The Balaban J connectivity index is 1.80. The van der Waals surface area contributed by atoms with Gasteiger partial charge < -0.3 is 14.7 Å². The van der Waals surface area contributed by atoms with Gasteiger partial charge in [0.2, 0.25) is 5.91 Å². The Hall–Kier alpha value is -2.34. The lowest BCUT2D eigenvalue weighted by Gasteiger charge is -2.37. The van der Waals surface area contributed by atoms with Crippen molar-refractivity contribution in [2.75, 3.05) is 11.5 Å². The van der Waals surface area contributed by atoms with E-state index in [1.807, 2.05) is 29.4 Å². The predicted molar refractivity (Wildman–Crippen MR) is 104 cm³/mol. The highest BCUT2D eigenvalue weighted by molar-refractivity contribution is 5.95. The van der Waals surface area contributed by atoms with Gasteiger partial charge in [-0.25, -0.2) is 0 Å². The van der Waals surface area contributed by atoms with Gasteiger partial charge in [0.05, 0.1) is 31.1 Å². The first-order valence-corrected chi connectivity index (χ1v) is 9.84. The summed E-state index contributed by atoms with van der Waals surface area (Å²) in [7, 11) is 0. The summed E-state index contributed by atoms with van der Waals surface area (Å²) in [6.07, 6.45) is 9.23. The Labute approximate surface area is 159 Å². The molecule has 0 saturated heterocycles. The van der Waals surface area contributed by atoms with Gasteiger partial charge in [-0.3, -0.25) is 9.48 Å². The van der Waals surface area contributed by atoms with Gasteiger partial charge >= 0.3 is 0 Å². The summed E-state index contributed by atoms with van der Waals surface area (Å²) < 4.78 is 8.18. The van der Waals surface area contributed by atoms with Gasteiger partial charge in [0.25, 0.3) is 0 Å². The van der Waals surface area contributed by atoms with E-state index in [9.17, 15) is 4.79 Å². The minimum absolute atomic E-state index is 0.0577. The molecule has 1 fully saturated rings. The normalized spacial score (nSPS) is 19.5. The zero-order valence-corrected chi connectivity index (χ0v) is 16.0. The van der Waals surface area contributed by atoms with Gasteiger partial charge in [0, 0.05) is 35.9 Å². The summed E-state index contributed by atoms with van der Waals surface area (Å²) in [6, 6.07) is 4.28. The lowest BCUT2D eigenvalue weighted by molar-refractivity contribution is -0.117. The lowest BCUT2D eigenvalue weighted by Crippen LogP contribution is -2.41. The van der Waals surface area contributed by atoms with Crippen molar-refractivity contribution in [3.05, 3.63) is 30.1 Å². The van der Waals surface area contributed by atoms with Crippen molar-refractivity contribution in [3.8, 4) is 16.9 Å². The van der Waals surface area contributed by atoms with Crippen LogP contribution in [0.3, 0.4) is 0 Å². The maximum Gasteiger partial charge on any atom is 0.224 e. The number of nitrogens with zero attached hydrogens (tertiary/aromatic N) is 3. The highest BCUT2D eigenvalue weighted by atomic mass is 16.5. The largest absolute Gasteiger partial charge is 0.489 e. The highest BCUT2D eigenvalue weighted by Crippen LogP contribution is 2.44. The minimum Gasteiger partial charge on any atom is -0.489 e. The standard InChI is InChI=1S/C21H27N3O3/c1-14-6-7-19-20(24(14)15(2)26)9-8-18(21(19)27-17-4-3-5-17)16-12-22-23(13-16)10-11-25/h8-9,12-14,17,25H,3-7,10-11H2,1-2H3. The molecule has 1 aliphatic heterocycles. The van der Waals surface area contributed by atoms with E-state index in [0.29, 0.717) is 6.54 Å². The van der Waals surface area contributed by atoms with Crippen molar-refractivity contribution >= 4 is 11.6 Å². The maximum absolute atomic E-state index is 12.3. The average molecular weight is 369 g/mol. The number of aliphatic hydroxyl groups excluding tert-OH is 1. The smallest absolute Gasteiger partial charge is 0.224 e. The third kappa shape index (κ3) is 3.34. The summed E-state index contributed by atoms with van der Waals surface area (Å²) in [5.41, 5.74) is 4.10. The van der Waals surface area contributed by atoms with Crippen LogP contribution in [0.25, 0.3) is 11.1 Å². The molecule has 4 rings (SSSR count). The molecule has 0 bridgehead atoms. The molecule has 0 radical (unpaired) electrons. The molecule has 1 N–H and O–H groups in total. The Kier molecular flexibility index (Phi) is 4.91. The van der Waals surface area contributed by atoms with Gasteiger partial charge in [0.15, 0.2) is 0 Å². The SMILES string of the molecule is CC(=O)N1c2ccc(-c3cnn(CCO)c3)c(OC3CCC3)c2CCC1C. The first-order chi connectivity index (χ1) is 13.1. The van der Waals surface area contributed by atoms with Gasteiger partial charge in [-0.1, -0.05) is 0 Å². The van der Waals surface area contributed by atoms with E-state index in [-0.39, 0.29) is 24.7 Å². The van der Waals surface area contributed by atoms with Crippen LogP contribution in [0.1, 0.15) is 45.1 Å². The van der Waals surface area contributed by atoms with Crippen LogP contribution in [0.15, 0.2) is 24.5 Å². The fraction of sp³-hybridized carbons (Fsp3) is 0.524. The predicted octanol–water partition coefficient (Wildman–Crippen LogP) is 3.16. The molecule has 2 aliphatic rings. The molecule has 1 atom stereocenters. The van der Waals surface area contributed by atoms with Crippen LogP contribution < -0.4 is 9.64 Å². The monoisotopic (exact) mass is 369 g/mol. The molecule has 1 aromatic carbocycles. The molecule has 27 heavy (non-hydrogen) atoms. The van der Waals surface area contributed by atoms with Crippen LogP contribution in [-0.4, -0.2) is 39.5 Å². The summed E-state index contributed by atoms with van der Waals surface area (Å²) in [6.45, 7) is 4.26. The molecule has 1 aliphatic carbocycles. The fourth-order valence-electron chi connectivity index (χ4n) is 4.03. The second kappa shape index (κ2) is 7.35. The molecule has 1 saturated carbocycles. The first kappa shape index (κ1) is 18.0. The van der Waals surface area contributed by atoms with Crippen molar-refractivity contribution in [1.29, 1.82) is 0 Å². The lowest BCUT2D eigenvalue weighted by atomic mass is 9.91. The van der Waals surface area contributed by atoms with Crippen LogP contribution >= 0.6 is 0 Å². The molecule has 2 heterocycles. The van der Waals surface area contributed by atoms with Crippen molar-refractivity contribution < 1.29 is 14.6 Å². The number of hydrogen-bond acceptors (Lipinski definition) is 4. The number of aromatic nitrogens is 2. The number of carbonyl (C=O) groups is 1. The number of benzene rings is 1. The Morgan fingerprint density at radius 1 is 1.33 bits per heavy atom. The van der Waals surface area contributed by atoms with Crippen molar-refractivity contribution in [2.45, 2.75) is 64.6 Å². The second-order valence-electron chi connectivity index (χ2n) is 7.60. The zero-order chi connectivity index (χ0) is 19.0. The van der Waals surface area contributed by atoms with Gasteiger partial charge in [-0.05, 0) is 51.2 Å². The number of ether oxygens (including phenoxy) is 1. The van der Waals surface area contributed by atoms with Crippen molar-refractivity contribution in [3.63, 3.8) is 0 Å². The fourth-order valence-corrected chi connectivity index (χ4v) is 4.03. The minimum atomic E-state index is 0.0577. The molecule has 2 aromatic rings. The first-order valence-electron chi connectivity index (χ1n) is 9.84. The summed E-state index contributed by atoms with van der Waals surface area (Å²) in [5, 5.41) is 13.5. The van der Waals surface area contributed by atoms with E-state index >= 15 is 0 Å². The molecule has 1 amide bonds. The van der Waals surface area contributed by atoms with E-state index < -0.39 is 0 Å². The molecule has 1 aromatic heterocycles. The highest BCUT2D eigenvalue weighted by Gasteiger charge is 2.31. The molecule has 1 unspecified atom stereocenters. The van der Waals surface area contributed by atoms with Gasteiger partial charge in [0.1, 0.15) is 5.75 Å².